The number of likely N-dealkylation sites (tertiary alicyclic amines) is 1. The summed E-state index contributed by atoms with van der Waals surface area (Å²) in [4.78, 5) is 43.1. The van der Waals surface area contributed by atoms with Crippen LogP contribution in [0.15, 0.2) is 4.79 Å². The van der Waals surface area contributed by atoms with Crippen LogP contribution in [0.5, 0.6) is 0 Å². The number of amides is 1. The highest BCUT2D eigenvalue weighted by atomic mass is 16.4. The summed E-state index contributed by atoms with van der Waals surface area (Å²) in [5.41, 5.74) is -0.0931. The summed E-state index contributed by atoms with van der Waals surface area (Å²) in [5.74, 6) is -1.32. The van der Waals surface area contributed by atoms with Crippen molar-refractivity contribution in [1.82, 2.24) is 14.9 Å². The molecule has 0 spiro atoms. The molecule has 0 atom stereocenters. The molecule has 2 heterocycles. The van der Waals surface area contributed by atoms with Gasteiger partial charge in [-0.1, -0.05) is 13.8 Å². The van der Waals surface area contributed by atoms with Crippen LogP contribution in [-0.4, -0.2) is 44.9 Å². The molecule has 1 saturated heterocycles. The summed E-state index contributed by atoms with van der Waals surface area (Å²) in [6.45, 7) is 5.68. The van der Waals surface area contributed by atoms with Gasteiger partial charge in [-0.2, -0.15) is 0 Å². The molecule has 1 aliphatic heterocycles. The number of aromatic nitrogens is 2. The van der Waals surface area contributed by atoms with Crippen LogP contribution < -0.4 is 5.56 Å². The number of aryl methyl sites for hydroxylation is 1. The van der Waals surface area contributed by atoms with Crippen LogP contribution in [0.2, 0.25) is 0 Å². The van der Waals surface area contributed by atoms with Crippen molar-refractivity contribution in [2.45, 2.75) is 26.7 Å². The summed E-state index contributed by atoms with van der Waals surface area (Å²) < 4.78 is 0. The van der Waals surface area contributed by atoms with Gasteiger partial charge >= 0.3 is 5.97 Å². The van der Waals surface area contributed by atoms with Crippen LogP contribution in [0.25, 0.3) is 0 Å². The average molecular weight is 279 g/mol. The van der Waals surface area contributed by atoms with Crippen molar-refractivity contribution in [3.8, 4) is 0 Å². The van der Waals surface area contributed by atoms with Gasteiger partial charge in [0, 0.05) is 19.0 Å². The molecule has 1 amide bonds. The van der Waals surface area contributed by atoms with Gasteiger partial charge in [0.05, 0.1) is 11.6 Å². The molecular weight excluding hydrogens is 262 g/mol. The molecule has 1 fully saturated rings. The molecule has 0 radical (unpaired) electrons. The highest BCUT2D eigenvalue weighted by Crippen LogP contribution is 2.19. The smallest absolute Gasteiger partial charge is 0.310 e. The molecule has 2 rings (SSSR count). The number of aliphatic carboxylic acids is 1. The van der Waals surface area contributed by atoms with Crippen molar-refractivity contribution in [2.24, 2.45) is 5.92 Å². The lowest BCUT2D eigenvalue weighted by molar-refractivity contribution is -0.146. The van der Waals surface area contributed by atoms with Gasteiger partial charge in [0.25, 0.3) is 11.5 Å². The van der Waals surface area contributed by atoms with Crippen LogP contribution in [0, 0.1) is 12.8 Å². The third kappa shape index (κ3) is 2.43. The van der Waals surface area contributed by atoms with E-state index in [9.17, 15) is 14.4 Å². The van der Waals surface area contributed by atoms with Gasteiger partial charge in [-0.15, -0.1) is 0 Å². The third-order valence-corrected chi connectivity index (χ3v) is 3.40. The Morgan fingerprint density at radius 1 is 1.40 bits per heavy atom. The van der Waals surface area contributed by atoms with Crippen molar-refractivity contribution in [3.05, 3.63) is 27.4 Å². The Labute approximate surface area is 115 Å². The number of hydrogen-bond donors (Lipinski definition) is 2. The fourth-order valence-corrected chi connectivity index (χ4v) is 2.09. The second kappa shape index (κ2) is 5.07. The van der Waals surface area contributed by atoms with Crippen molar-refractivity contribution < 1.29 is 14.7 Å². The Morgan fingerprint density at radius 2 is 2.00 bits per heavy atom. The van der Waals surface area contributed by atoms with Crippen molar-refractivity contribution in [3.63, 3.8) is 0 Å². The first kappa shape index (κ1) is 14.2. The Morgan fingerprint density at radius 3 is 2.45 bits per heavy atom. The van der Waals surface area contributed by atoms with Gasteiger partial charge in [-0.25, -0.2) is 4.98 Å². The van der Waals surface area contributed by atoms with Gasteiger partial charge in [0.1, 0.15) is 11.4 Å². The zero-order valence-electron chi connectivity index (χ0n) is 11.6. The largest absolute Gasteiger partial charge is 0.481 e. The average Bonchev–Trinajstić information content (AvgIpc) is 2.24. The summed E-state index contributed by atoms with van der Waals surface area (Å²) in [5, 5.41) is 8.79. The summed E-state index contributed by atoms with van der Waals surface area (Å²) in [6.07, 6.45) is 0. The second-order valence-electron chi connectivity index (χ2n) is 5.31. The van der Waals surface area contributed by atoms with E-state index in [4.69, 9.17) is 5.11 Å². The molecular formula is C13H17N3O4. The lowest BCUT2D eigenvalue weighted by Crippen LogP contribution is -2.54. The molecule has 0 saturated carbocycles. The van der Waals surface area contributed by atoms with Crippen molar-refractivity contribution >= 4 is 11.9 Å². The first-order chi connectivity index (χ1) is 9.31. The second-order valence-corrected chi connectivity index (χ2v) is 5.31. The van der Waals surface area contributed by atoms with Crippen LogP contribution >= 0.6 is 0 Å². The van der Waals surface area contributed by atoms with E-state index in [1.807, 2.05) is 13.8 Å². The molecule has 1 aromatic heterocycles. The lowest BCUT2D eigenvalue weighted by atomic mass is 9.99. The van der Waals surface area contributed by atoms with Gasteiger partial charge in [0.15, 0.2) is 0 Å². The monoisotopic (exact) mass is 279 g/mol. The molecule has 1 aliphatic rings. The molecule has 20 heavy (non-hydrogen) atoms. The Hall–Kier alpha value is -2.18. The molecule has 0 unspecified atom stereocenters. The van der Waals surface area contributed by atoms with E-state index in [1.165, 1.54) is 4.90 Å². The molecule has 0 aromatic carbocycles. The zero-order chi connectivity index (χ0) is 15.0. The van der Waals surface area contributed by atoms with E-state index in [0.717, 1.165) is 0 Å². The van der Waals surface area contributed by atoms with Gasteiger partial charge in [-0.3, -0.25) is 14.4 Å². The van der Waals surface area contributed by atoms with E-state index in [1.54, 1.807) is 6.92 Å². The molecule has 7 nitrogen and oxygen atoms in total. The predicted octanol–water partition coefficient (Wildman–Crippen LogP) is 0.358. The van der Waals surface area contributed by atoms with E-state index < -0.39 is 23.4 Å². The van der Waals surface area contributed by atoms with Crippen LogP contribution in [0.3, 0.4) is 0 Å². The fourth-order valence-electron chi connectivity index (χ4n) is 2.09. The Kier molecular flexibility index (Phi) is 3.61. The van der Waals surface area contributed by atoms with E-state index in [0.29, 0.717) is 11.5 Å². The highest BCUT2D eigenvalue weighted by Gasteiger charge is 2.37. The van der Waals surface area contributed by atoms with Gasteiger partial charge < -0.3 is 15.0 Å². The summed E-state index contributed by atoms with van der Waals surface area (Å²) in [7, 11) is 0. The first-order valence-electron chi connectivity index (χ1n) is 6.44. The number of carbonyl (C=O) groups is 2. The number of carboxylic acid groups (broad SMARTS) is 1. The number of nitrogens with one attached hydrogen (secondary N) is 1. The molecule has 7 heteroatoms. The normalized spacial score (nSPS) is 15.3. The first-order valence-corrected chi connectivity index (χ1v) is 6.44. The van der Waals surface area contributed by atoms with Crippen LogP contribution in [-0.2, 0) is 4.79 Å². The minimum atomic E-state index is -0.923. The molecule has 0 aliphatic carbocycles. The predicted molar refractivity (Wildman–Crippen MR) is 70.7 cm³/mol. The molecule has 0 bridgehead atoms. The number of hydrogen-bond acceptors (Lipinski definition) is 4. The topological polar surface area (TPSA) is 103 Å². The maximum atomic E-state index is 12.2. The molecule has 1 aromatic rings. The van der Waals surface area contributed by atoms with Crippen molar-refractivity contribution in [1.29, 1.82) is 0 Å². The minimum absolute atomic E-state index is 0.00163. The van der Waals surface area contributed by atoms with Gasteiger partial charge in [0.2, 0.25) is 0 Å². The number of rotatable bonds is 3. The maximum absolute atomic E-state index is 12.2. The van der Waals surface area contributed by atoms with E-state index in [-0.39, 0.29) is 24.6 Å². The fraction of sp³-hybridized carbons (Fsp3) is 0.538. The maximum Gasteiger partial charge on any atom is 0.310 e. The summed E-state index contributed by atoms with van der Waals surface area (Å²) >= 11 is 0. The van der Waals surface area contributed by atoms with E-state index in [2.05, 4.69) is 9.97 Å². The number of nitrogens with zero attached hydrogens (tertiary/aromatic N) is 2. The third-order valence-electron chi connectivity index (χ3n) is 3.40. The van der Waals surface area contributed by atoms with Crippen LogP contribution in [0.4, 0.5) is 0 Å². The summed E-state index contributed by atoms with van der Waals surface area (Å²) in [6, 6.07) is 0. The van der Waals surface area contributed by atoms with Crippen LogP contribution in [0.1, 0.15) is 41.6 Å². The highest BCUT2D eigenvalue weighted by molar-refractivity contribution is 5.96. The minimum Gasteiger partial charge on any atom is -0.481 e. The number of aromatic amines is 1. The Balaban J connectivity index is 2.24. The number of H-pyrrole nitrogens is 1. The quantitative estimate of drug-likeness (QED) is 0.831. The number of carboxylic acids is 1. The lowest BCUT2D eigenvalue weighted by Gasteiger charge is -2.36. The molecule has 2 N–H and O–H groups in total. The zero-order valence-corrected chi connectivity index (χ0v) is 11.6. The standard InChI is InChI=1S/C13H17N3O4/c1-6(2)10-14-7(3)9(11(17)15-10)12(18)16-4-8(5-16)13(19)20/h6,8H,4-5H2,1-3H3,(H,19,20)(H,14,15,17). The van der Waals surface area contributed by atoms with Crippen molar-refractivity contribution in [2.75, 3.05) is 13.1 Å². The SMILES string of the molecule is Cc1nc(C(C)C)[nH]c(=O)c1C(=O)N1CC(C(=O)O)C1. The van der Waals surface area contributed by atoms with Gasteiger partial charge in [-0.05, 0) is 6.92 Å². The number of carbonyl (C=O) groups excluding carboxylic acids is 1. The molecule has 108 valence electrons. The van der Waals surface area contributed by atoms with E-state index >= 15 is 0 Å². The Bertz CT molecular complexity index is 615.